The number of anilines is 3. The predicted molar refractivity (Wildman–Crippen MR) is 106 cm³/mol. The van der Waals surface area contributed by atoms with Gasteiger partial charge in [0.05, 0.1) is 6.20 Å². The molecule has 0 aliphatic carbocycles. The zero-order valence-corrected chi connectivity index (χ0v) is 14.9. The van der Waals surface area contributed by atoms with Crippen LogP contribution in [0.5, 0.6) is 0 Å². The van der Waals surface area contributed by atoms with Crippen LogP contribution < -0.4 is 10.6 Å². The number of hydrogen-bond donors (Lipinski definition) is 2. The van der Waals surface area contributed by atoms with Crippen molar-refractivity contribution in [2.45, 2.75) is 13.5 Å². The van der Waals surface area contributed by atoms with Crippen LogP contribution >= 0.6 is 0 Å². The highest BCUT2D eigenvalue weighted by atomic mass is 16.3. The molecule has 2 aromatic carbocycles. The predicted octanol–water partition coefficient (Wildman–Crippen LogP) is 4.80. The van der Waals surface area contributed by atoms with Gasteiger partial charge in [-0.1, -0.05) is 30.3 Å². The molecule has 0 fully saturated rings. The summed E-state index contributed by atoms with van der Waals surface area (Å²) in [4.78, 5) is 12.9. The Kier molecular flexibility index (Phi) is 4.78. The molecule has 2 aromatic heterocycles. The highest BCUT2D eigenvalue weighted by Gasteiger charge is 2.06. The maximum Gasteiger partial charge on any atom is 0.229 e. The summed E-state index contributed by atoms with van der Waals surface area (Å²) in [6.07, 6.45) is 4.92. The van der Waals surface area contributed by atoms with Crippen LogP contribution in [0.25, 0.3) is 11.3 Å². The lowest BCUT2D eigenvalue weighted by atomic mass is 10.2. The number of nitrogens with zero attached hydrogens (tertiary/aromatic N) is 3. The van der Waals surface area contributed by atoms with E-state index in [0.29, 0.717) is 12.5 Å². The molecule has 0 amide bonds. The number of aromatic nitrogens is 3. The minimum Gasteiger partial charge on any atom is -0.444 e. The van der Waals surface area contributed by atoms with Gasteiger partial charge in [-0.3, -0.25) is 0 Å². The van der Waals surface area contributed by atoms with Gasteiger partial charge in [-0.05, 0) is 36.8 Å². The Labute approximate surface area is 157 Å². The molecule has 0 aliphatic rings. The summed E-state index contributed by atoms with van der Waals surface area (Å²) in [6.45, 7) is 2.70. The first-order valence-corrected chi connectivity index (χ1v) is 8.65. The number of rotatable bonds is 6. The van der Waals surface area contributed by atoms with Crippen LogP contribution in [0.2, 0.25) is 0 Å². The van der Waals surface area contributed by atoms with Crippen LogP contribution in [0.15, 0.2) is 77.8 Å². The average molecular weight is 357 g/mol. The van der Waals surface area contributed by atoms with E-state index >= 15 is 0 Å². The molecule has 0 radical (unpaired) electrons. The molecule has 0 atom stereocenters. The smallest absolute Gasteiger partial charge is 0.229 e. The van der Waals surface area contributed by atoms with Gasteiger partial charge in [-0.25, -0.2) is 9.97 Å². The SMILES string of the molecule is Cc1cnc(Nc2ccc(-c3cnco3)cc2)nc1NCc1ccccc1. The monoisotopic (exact) mass is 357 g/mol. The third-order valence-corrected chi connectivity index (χ3v) is 4.13. The highest BCUT2D eigenvalue weighted by molar-refractivity contribution is 5.63. The summed E-state index contributed by atoms with van der Waals surface area (Å²) < 4.78 is 5.31. The van der Waals surface area contributed by atoms with E-state index in [1.165, 1.54) is 12.0 Å². The molecule has 2 heterocycles. The molecule has 0 unspecified atom stereocenters. The Bertz CT molecular complexity index is 999. The maximum absolute atomic E-state index is 5.31. The number of nitrogens with one attached hydrogen (secondary N) is 2. The molecule has 134 valence electrons. The zero-order valence-electron chi connectivity index (χ0n) is 14.9. The van der Waals surface area contributed by atoms with Crippen molar-refractivity contribution in [3.63, 3.8) is 0 Å². The quantitative estimate of drug-likeness (QED) is 0.516. The first kappa shape index (κ1) is 16.8. The van der Waals surface area contributed by atoms with Gasteiger partial charge in [-0.15, -0.1) is 0 Å². The van der Waals surface area contributed by atoms with E-state index in [4.69, 9.17) is 4.42 Å². The molecular weight excluding hydrogens is 338 g/mol. The van der Waals surface area contributed by atoms with E-state index in [-0.39, 0.29) is 0 Å². The van der Waals surface area contributed by atoms with Gasteiger partial charge in [-0.2, -0.15) is 4.98 Å². The van der Waals surface area contributed by atoms with Gasteiger partial charge in [0.2, 0.25) is 5.95 Å². The van der Waals surface area contributed by atoms with E-state index in [0.717, 1.165) is 28.4 Å². The van der Waals surface area contributed by atoms with Crippen LogP contribution in [0.1, 0.15) is 11.1 Å². The summed E-state index contributed by atoms with van der Waals surface area (Å²) in [5.41, 5.74) is 4.06. The molecule has 6 heteroatoms. The molecule has 4 aromatic rings. The van der Waals surface area contributed by atoms with Crippen molar-refractivity contribution in [1.82, 2.24) is 15.0 Å². The van der Waals surface area contributed by atoms with Crippen LogP contribution in [0.3, 0.4) is 0 Å². The van der Waals surface area contributed by atoms with Crippen molar-refractivity contribution in [2.24, 2.45) is 0 Å². The normalized spacial score (nSPS) is 10.6. The molecule has 0 spiro atoms. The van der Waals surface area contributed by atoms with Gasteiger partial charge in [0.25, 0.3) is 0 Å². The van der Waals surface area contributed by atoms with Crippen LogP contribution in [-0.2, 0) is 6.54 Å². The molecular formula is C21H19N5O. The molecule has 2 N–H and O–H groups in total. The fourth-order valence-electron chi connectivity index (χ4n) is 2.67. The first-order chi connectivity index (χ1) is 13.3. The van der Waals surface area contributed by atoms with Crippen LogP contribution in [-0.4, -0.2) is 15.0 Å². The lowest BCUT2D eigenvalue weighted by Gasteiger charge is -2.11. The summed E-state index contributed by atoms with van der Waals surface area (Å²) >= 11 is 0. The van der Waals surface area contributed by atoms with E-state index in [1.54, 1.807) is 6.20 Å². The van der Waals surface area contributed by atoms with E-state index < -0.39 is 0 Å². The van der Waals surface area contributed by atoms with Crippen molar-refractivity contribution >= 4 is 17.5 Å². The fraction of sp³-hybridized carbons (Fsp3) is 0.0952. The first-order valence-electron chi connectivity index (χ1n) is 8.65. The third kappa shape index (κ3) is 4.12. The lowest BCUT2D eigenvalue weighted by molar-refractivity contribution is 0.572. The summed E-state index contributed by atoms with van der Waals surface area (Å²) in [5.74, 6) is 2.10. The lowest BCUT2D eigenvalue weighted by Crippen LogP contribution is -2.06. The Balaban J connectivity index is 1.46. The molecule has 0 saturated carbocycles. The zero-order chi connectivity index (χ0) is 18.5. The Hall–Kier alpha value is -3.67. The molecule has 0 saturated heterocycles. The summed E-state index contributed by atoms with van der Waals surface area (Å²) in [7, 11) is 0. The van der Waals surface area contributed by atoms with Gasteiger partial charge < -0.3 is 15.1 Å². The molecule has 0 aliphatic heterocycles. The van der Waals surface area contributed by atoms with Gasteiger partial charge in [0.1, 0.15) is 5.82 Å². The molecule has 0 bridgehead atoms. The Morgan fingerprint density at radius 2 is 1.78 bits per heavy atom. The fourth-order valence-corrected chi connectivity index (χ4v) is 2.67. The number of aryl methyl sites for hydroxylation is 1. The van der Waals surface area contributed by atoms with E-state index in [2.05, 4.69) is 37.7 Å². The minimum absolute atomic E-state index is 0.545. The second-order valence-corrected chi connectivity index (χ2v) is 6.13. The number of oxazole rings is 1. The molecule has 6 nitrogen and oxygen atoms in total. The summed E-state index contributed by atoms with van der Waals surface area (Å²) in [6, 6.07) is 18.1. The van der Waals surface area contributed by atoms with Crippen molar-refractivity contribution in [1.29, 1.82) is 0 Å². The highest BCUT2D eigenvalue weighted by Crippen LogP contribution is 2.23. The van der Waals surface area contributed by atoms with Crippen LogP contribution in [0.4, 0.5) is 17.5 Å². The Morgan fingerprint density at radius 1 is 0.963 bits per heavy atom. The average Bonchev–Trinajstić information content (AvgIpc) is 3.25. The molecule has 27 heavy (non-hydrogen) atoms. The third-order valence-electron chi connectivity index (χ3n) is 4.13. The van der Waals surface area contributed by atoms with Crippen LogP contribution in [0, 0.1) is 6.92 Å². The van der Waals surface area contributed by atoms with Gasteiger partial charge in [0.15, 0.2) is 12.2 Å². The second-order valence-electron chi connectivity index (χ2n) is 6.13. The molecule has 4 rings (SSSR count). The largest absolute Gasteiger partial charge is 0.444 e. The van der Waals surface area contributed by atoms with Gasteiger partial charge >= 0.3 is 0 Å². The van der Waals surface area contributed by atoms with E-state index in [9.17, 15) is 0 Å². The Morgan fingerprint density at radius 3 is 2.52 bits per heavy atom. The topological polar surface area (TPSA) is 75.9 Å². The van der Waals surface area contributed by atoms with Crippen molar-refractivity contribution in [2.75, 3.05) is 10.6 Å². The van der Waals surface area contributed by atoms with Gasteiger partial charge in [0, 0.05) is 29.6 Å². The minimum atomic E-state index is 0.545. The van der Waals surface area contributed by atoms with E-state index in [1.807, 2.05) is 55.6 Å². The summed E-state index contributed by atoms with van der Waals surface area (Å²) in [5, 5.41) is 6.61. The number of benzene rings is 2. The standard InChI is InChI=1S/C21H19N5O/c1-15-11-24-21(26-20(15)23-12-16-5-3-2-4-6-16)25-18-9-7-17(8-10-18)19-13-22-14-27-19/h2-11,13-14H,12H2,1H3,(H2,23,24,25,26). The maximum atomic E-state index is 5.31. The van der Waals surface area contributed by atoms with Crippen molar-refractivity contribution < 1.29 is 4.42 Å². The second kappa shape index (κ2) is 7.70. The van der Waals surface area contributed by atoms with Crippen molar-refractivity contribution in [3.8, 4) is 11.3 Å². The van der Waals surface area contributed by atoms with Crippen molar-refractivity contribution in [3.05, 3.63) is 84.5 Å². The number of hydrogen-bond acceptors (Lipinski definition) is 6.